The molecule has 1 aliphatic heterocycles. The number of nitrogens with one attached hydrogen (secondary N) is 3. The van der Waals surface area contributed by atoms with E-state index in [2.05, 4.69) is 20.6 Å². The zero-order chi connectivity index (χ0) is 22.0. The van der Waals surface area contributed by atoms with Crippen molar-refractivity contribution in [2.45, 2.75) is 23.2 Å². The van der Waals surface area contributed by atoms with Crippen LogP contribution in [0, 0.1) is 11.6 Å². The summed E-state index contributed by atoms with van der Waals surface area (Å²) >= 11 is 1.19. The van der Waals surface area contributed by atoms with Crippen LogP contribution in [0.1, 0.15) is 23.5 Å². The molecule has 0 aliphatic carbocycles. The van der Waals surface area contributed by atoms with Crippen LogP contribution in [0.15, 0.2) is 58.5 Å². The molecule has 0 bridgehead atoms. The average Bonchev–Trinajstić information content (AvgIpc) is 2.74. The molecule has 158 valence electrons. The zero-order valence-corrected chi connectivity index (χ0v) is 16.8. The number of hydrogen-bond acceptors (Lipinski definition) is 5. The number of aromatic amines is 1. The van der Waals surface area contributed by atoms with Crippen molar-refractivity contribution < 1.29 is 18.4 Å². The van der Waals surface area contributed by atoms with E-state index in [1.54, 1.807) is 18.2 Å². The molecule has 1 unspecified atom stereocenters. The lowest BCUT2D eigenvalue weighted by Crippen LogP contribution is -2.36. The minimum Gasteiger partial charge on any atom is -0.323 e. The maximum atomic E-state index is 13.9. The summed E-state index contributed by atoms with van der Waals surface area (Å²) in [7, 11) is 0. The lowest BCUT2D eigenvalue weighted by Gasteiger charge is -2.23. The molecule has 10 heteroatoms. The highest BCUT2D eigenvalue weighted by Gasteiger charge is 2.35. The number of thioether (sulfide) groups is 1. The van der Waals surface area contributed by atoms with Gasteiger partial charge in [-0.3, -0.25) is 14.4 Å². The van der Waals surface area contributed by atoms with E-state index in [1.807, 2.05) is 0 Å². The Hall–Kier alpha value is -3.53. The molecular weight excluding hydrogens is 426 g/mol. The number of aromatic nitrogens is 2. The van der Waals surface area contributed by atoms with Crippen molar-refractivity contribution in [1.82, 2.24) is 9.97 Å². The number of rotatable bonds is 5. The van der Waals surface area contributed by atoms with Crippen molar-refractivity contribution in [3.05, 3.63) is 81.6 Å². The van der Waals surface area contributed by atoms with Gasteiger partial charge in [0.15, 0.2) is 5.16 Å². The summed E-state index contributed by atoms with van der Waals surface area (Å²) in [5.74, 6) is -2.85. The number of nitrogens with zero attached hydrogens (tertiary/aromatic N) is 1. The second-order valence-electron chi connectivity index (χ2n) is 6.82. The second kappa shape index (κ2) is 8.68. The third kappa shape index (κ3) is 4.64. The average molecular weight is 442 g/mol. The highest BCUT2D eigenvalue weighted by molar-refractivity contribution is 7.98. The van der Waals surface area contributed by atoms with Gasteiger partial charge in [0.2, 0.25) is 11.8 Å². The predicted molar refractivity (Wildman–Crippen MR) is 112 cm³/mol. The first kappa shape index (κ1) is 20.7. The second-order valence-corrected chi connectivity index (χ2v) is 7.79. The predicted octanol–water partition coefficient (Wildman–Crippen LogP) is 3.40. The van der Waals surface area contributed by atoms with Crippen LogP contribution in [-0.4, -0.2) is 21.8 Å². The van der Waals surface area contributed by atoms with Crippen LogP contribution in [0.3, 0.4) is 0 Å². The van der Waals surface area contributed by atoms with E-state index in [-0.39, 0.29) is 34.5 Å². The Morgan fingerprint density at radius 3 is 2.61 bits per heavy atom. The molecule has 1 atom stereocenters. The Morgan fingerprint density at radius 1 is 1.13 bits per heavy atom. The number of carbonyl (C=O) groups excluding carboxylic acids is 2. The van der Waals surface area contributed by atoms with Gasteiger partial charge in [-0.2, -0.15) is 0 Å². The van der Waals surface area contributed by atoms with Crippen LogP contribution < -0.4 is 16.2 Å². The normalized spacial score (nSPS) is 15.2. The first-order valence-corrected chi connectivity index (χ1v) is 10.3. The Kier molecular flexibility index (Phi) is 5.81. The summed E-state index contributed by atoms with van der Waals surface area (Å²) in [6, 6.07) is 11.5. The fourth-order valence-electron chi connectivity index (χ4n) is 3.16. The standard InChI is InChI=1S/C21H16F2N4O3S/c22-12-7-5-11(6-8-12)10-31-21-26-18-17(20(30)27-21)13(9-16(28)25-18)19(29)24-15-4-2-1-3-14(15)23/h1-8,13H,9-10H2,(H,24,29)(H2,25,26,27,28,30). The minimum atomic E-state index is -1.12. The van der Waals surface area contributed by atoms with Crippen molar-refractivity contribution in [3.8, 4) is 0 Å². The number of H-pyrrole nitrogens is 1. The molecule has 4 rings (SSSR count). The van der Waals surface area contributed by atoms with Gasteiger partial charge in [-0.05, 0) is 29.8 Å². The number of halogens is 2. The van der Waals surface area contributed by atoms with E-state index in [9.17, 15) is 23.2 Å². The highest BCUT2D eigenvalue weighted by Crippen LogP contribution is 2.31. The SMILES string of the molecule is O=C1CC(C(=O)Nc2ccccc2F)c2c(nc(SCc3ccc(F)cc3)[nH]c2=O)N1. The lowest BCUT2D eigenvalue weighted by atomic mass is 9.92. The van der Waals surface area contributed by atoms with Crippen molar-refractivity contribution in [3.63, 3.8) is 0 Å². The molecule has 2 amide bonds. The summed E-state index contributed by atoms with van der Waals surface area (Å²) in [6.07, 6.45) is -0.264. The monoisotopic (exact) mass is 442 g/mol. The molecule has 0 radical (unpaired) electrons. The number of carbonyl (C=O) groups is 2. The van der Waals surface area contributed by atoms with E-state index in [1.165, 1.54) is 42.1 Å². The van der Waals surface area contributed by atoms with Crippen LogP contribution >= 0.6 is 11.8 Å². The molecule has 0 saturated heterocycles. The van der Waals surface area contributed by atoms with Crippen molar-refractivity contribution in [2.75, 3.05) is 10.6 Å². The Balaban J connectivity index is 1.58. The fraction of sp³-hybridized carbons (Fsp3) is 0.143. The summed E-state index contributed by atoms with van der Waals surface area (Å²) in [6.45, 7) is 0. The van der Waals surface area contributed by atoms with E-state index in [4.69, 9.17) is 0 Å². The summed E-state index contributed by atoms with van der Waals surface area (Å²) in [4.78, 5) is 44.5. The number of hydrogen-bond donors (Lipinski definition) is 3. The van der Waals surface area contributed by atoms with Crippen LogP contribution in [0.4, 0.5) is 20.3 Å². The van der Waals surface area contributed by atoms with Crippen LogP contribution in [0.25, 0.3) is 0 Å². The van der Waals surface area contributed by atoms with Gasteiger partial charge in [0.25, 0.3) is 5.56 Å². The van der Waals surface area contributed by atoms with Gasteiger partial charge in [0, 0.05) is 12.2 Å². The van der Waals surface area contributed by atoms with E-state index in [0.717, 1.165) is 5.56 Å². The first-order chi connectivity index (χ1) is 14.9. The maximum absolute atomic E-state index is 13.9. The molecular formula is C21H16F2N4O3S. The molecule has 3 N–H and O–H groups in total. The maximum Gasteiger partial charge on any atom is 0.257 e. The van der Waals surface area contributed by atoms with Crippen molar-refractivity contribution >= 4 is 35.1 Å². The number of fused-ring (bicyclic) bond motifs is 1. The third-order valence-electron chi connectivity index (χ3n) is 4.67. The third-order valence-corrected chi connectivity index (χ3v) is 5.61. The fourth-order valence-corrected chi connectivity index (χ4v) is 3.97. The number of benzene rings is 2. The Morgan fingerprint density at radius 2 is 1.87 bits per heavy atom. The van der Waals surface area contributed by atoms with Crippen LogP contribution in [0.2, 0.25) is 0 Å². The van der Waals surface area contributed by atoms with Crippen molar-refractivity contribution in [1.29, 1.82) is 0 Å². The smallest absolute Gasteiger partial charge is 0.257 e. The van der Waals surface area contributed by atoms with E-state index < -0.39 is 29.1 Å². The molecule has 2 heterocycles. The number of anilines is 2. The zero-order valence-electron chi connectivity index (χ0n) is 15.9. The van der Waals surface area contributed by atoms with Crippen LogP contribution in [0.5, 0.6) is 0 Å². The topological polar surface area (TPSA) is 104 Å². The summed E-state index contributed by atoms with van der Waals surface area (Å²) < 4.78 is 26.9. The molecule has 7 nitrogen and oxygen atoms in total. The molecule has 0 saturated carbocycles. The lowest BCUT2D eigenvalue weighted by molar-refractivity contribution is -0.123. The van der Waals surface area contributed by atoms with Crippen molar-refractivity contribution in [2.24, 2.45) is 0 Å². The van der Waals surface area contributed by atoms with Gasteiger partial charge in [0.05, 0.1) is 17.2 Å². The largest absolute Gasteiger partial charge is 0.323 e. The molecule has 0 spiro atoms. The molecule has 1 aromatic heterocycles. The Labute approximate surface area is 179 Å². The summed E-state index contributed by atoms with van der Waals surface area (Å²) in [5.41, 5.74) is 0.216. The van der Waals surface area contributed by atoms with E-state index >= 15 is 0 Å². The molecule has 3 aromatic rings. The number of amides is 2. The van der Waals surface area contributed by atoms with E-state index in [0.29, 0.717) is 5.75 Å². The molecule has 31 heavy (non-hydrogen) atoms. The van der Waals surface area contributed by atoms with Crippen LogP contribution in [-0.2, 0) is 15.3 Å². The van der Waals surface area contributed by atoms with Gasteiger partial charge < -0.3 is 15.6 Å². The quantitative estimate of drug-likeness (QED) is 0.415. The molecule has 0 fully saturated rings. The number of para-hydroxylation sites is 1. The minimum absolute atomic E-state index is 0.00436. The van der Waals surface area contributed by atoms with Gasteiger partial charge in [0.1, 0.15) is 17.5 Å². The highest BCUT2D eigenvalue weighted by atomic mass is 32.2. The molecule has 2 aromatic carbocycles. The van der Waals surface area contributed by atoms with Gasteiger partial charge >= 0.3 is 0 Å². The molecule has 1 aliphatic rings. The Bertz CT molecular complexity index is 1210. The summed E-state index contributed by atoms with van der Waals surface area (Å²) in [5, 5.41) is 5.18. The first-order valence-electron chi connectivity index (χ1n) is 9.27. The van der Waals surface area contributed by atoms with Gasteiger partial charge in [-0.1, -0.05) is 36.0 Å². The van der Waals surface area contributed by atoms with Gasteiger partial charge in [-0.15, -0.1) is 0 Å². The van der Waals surface area contributed by atoms with Gasteiger partial charge in [-0.25, -0.2) is 13.8 Å².